The number of carbonyl (C=O) groups excluding carboxylic acids is 1. The largest absolute Gasteiger partial charge is 0.481 e. The van der Waals surface area contributed by atoms with Crippen LogP contribution in [0.2, 0.25) is 0 Å². The molecule has 2 atom stereocenters. The number of pyridine rings is 1. The van der Waals surface area contributed by atoms with Crippen LogP contribution in [0.5, 0.6) is 5.88 Å². The molecule has 18 heavy (non-hydrogen) atoms. The Labute approximate surface area is 107 Å². The van der Waals surface area contributed by atoms with Crippen molar-refractivity contribution in [2.24, 2.45) is 5.73 Å². The van der Waals surface area contributed by atoms with Gasteiger partial charge >= 0.3 is 5.97 Å². The van der Waals surface area contributed by atoms with E-state index in [1.165, 1.54) is 7.11 Å². The summed E-state index contributed by atoms with van der Waals surface area (Å²) in [6.07, 6.45) is 0.992. The molecule has 0 bridgehead atoms. The first-order chi connectivity index (χ1) is 8.62. The number of carbonyl (C=O) groups is 1. The van der Waals surface area contributed by atoms with Crippen LogP contribution in [0.4, 0.5) is 0 Å². The van der Waals surface area contributed by atoms with Gasteiger partial charge in [-0.25, -0.2) is 4.98 Å². The van der Waals surface area contributed by atoms with Gasteiger partial charge in [-0.05, 0) is 12.5 Å². The van der Waals surface area contributed by atoms with E-state index in [9.17, 15) is 4.79 Å². The SMILES string of the molecule is CCC(N)C(CC(=O)OC)c1cccc(OC)n1. The molecule has 0 spiro atoms. The summed E-state index contributed by atoms with van der Waals surface area (Å²) in [7, 11) is 2.93. The molecule has 0 aliphatic heterocycles. The summed E-state index contributed by atoms with van der Waals surface area (Å²) < 4.78 is 9.78. The van der Waals surface area contributed by atoms with Crippen molar-refractivity contribution in [1.82, 2.24) is 4.98 Å². The lowest BCUT2D eigenvalue weighted by molar-refractivity contribution is -0.141. The number of hydrogen-bond donors (Lipinski definition) is 1. The van der Waals surface area contributed by atoms with E-state index in [-0.39, 0.29) is 24.3 Å². The number of aromatic nitrogens is 1. The second-order valence-corrected chi connectivity index (χ2v) is 4.06. The summed E-state index contributed by atoms with van der Waals surface area (Å²) in [5.74, 6) is 0.0803. The number of esters is 1. The topological polar surface area (TPSA) is 74.4 Å². The predicted octanol–water partition coefficient (Wildman–Crippen LogP) is 1.47. The molecule has 1 aromatic heterocycles. The maximum atomic E-state index is 11.4. The van der Waals surface area contributed by atoms with Crippen molar-refractivity contribution in [2.75, 3.05) is 14.2 Å². The Morgan fingerprint density at radius 3 is 2.72 bits per heavy atom. The molecule has 0 aromatic carbocycles. The normalized spacial score (nSPS) is 13.8. The van der Waals surface area contributed by atoms with Gasteiger partial charge in [0.15, 0.2) is 0 Å². The molecular formula is C13H20N2O3. The van der Waals surface area contributed by atoms with Gasteiger partial charge in [-0.15, -0.1) is 0 Å². The third-order valence-electron chi connectivity index (χ3n) is 2.94. The molecule has 100 valence electrons. The Morgan fingerprint density at radius 2 is 2.17 bits per heavy atom. The van der Waals surface area contributed by atoms with E-state index in [2.05, 4.69) is 4.98 Å². The number of methoxy groups -OCH3 is 2. The Morgan fingerprint density at radius 1 is 1.44 bits per heavy atom. The van der Waals surface area contributed by atoms with E-state index >= 15 is 0 Å². The molecule has 0 saturated carbocycles. The summed E-state index contributed by atoms with van der Waals surface area (Å²) in [4.78, 5) is 15.8. The molecule has 0 aliphatic rings. The van der Waals surface area contributed by atoms with Crippen LogP contribution in [0.15, 0.2) is 18.2 Å². The highest BCUT2D eigenvalue weighted by Crippen LogP contribution is 2.24. The van der Waals surface area contributed by atoms with Gasteiger partial charge in [-0.3, -0.25) is 4.79 Å². The van der Waals surface area contributed by atoms with E-state index in [1.54, 1.807) is 13.2 Å². The zero-order valence-corrected chi connectivity index (χ0v) is 11.1. The Bertz CT molecular complexity index is 396. The van der Waals surface area contributed by atoms with Crippen LogP contribution in [0.25, 0.3) is 0 Å². The molecular weight excluding hydrogens is 232 g/mol. The number of rotatable bonds is 6. The summed E-state index contributed by atoms with van der Waals surface area (Å²) in [5, 5.41) is 0. The minimum Gasteiger partial charge on any atom is -0.481 e. The highest BCUT2D eigenvalue weighted by atomic mass is 16.5. The molecule has 1 rings (SSSR count). The van der Waals surface area contributed by atoms with Crippen LogP contribution < -0.4 is 10.5 Å². The summed E-state index contributed by atoms with van der Waals surface area (Å²) in [5.41, 5.74) is 6.81. The minimum atomic E-state index is -0.284. The van der Waals surface area contributed by atoms with Crippen LogP contribution in [0, 0.1) is 0 Å². The average molecular weight is 252 g/mol. The molecule has 1 heterocycles. The van der Waals surface area contributed by atoms with Gasteiger partial charge in [0.2, 0.25) is 5.88 Å². The second kappa shape index (κ2) is 6.96. The number of hydrogen-bond acceptors (Lipinski definition) is 5. The third-order valence-corrected chi connectivity index (χ3v) is 2.94. The highest BCUT2D eigenvalue weighted by molar-refractivity contribution is 5.70. The maximum absolute atomic E-state index is 11.4. The van der Waals surface area contributed by atoms with Gasteiger partial charge in [0.25, 0.3) is 0 Å². The quantitative estimate of drug-likeness (QED) is 0.776. The lowest BCUT2D eigenvalue weighted by Gasteiger charge is -2.21. The van der Waals surface area contributed by atoms with Crippen LogP contribution in [0.1, 0.15) is 31.4 Å². The molecule has 0 amide bonds. The van der Waals surface area contributed by atoms with E-state index in [0.29, 0.717) is 5.88 Å². The molecule has 2 N–H and O–H groups in total. The summed E-state index contributed by atoms with van der Waals surface area (Å²) in [6.45, 7) is 1.98. The fourth-order valence-corrected chi connectivity index (χ4v) is 1.77. The van der Waals surface area contributed by atoms with Crippen LogP contribution in [-0.2, 0) is 9.53 Å². The summed E-state index contributed by atoms with van der Waals surface area (Å²) in [6, 6.07) is 5.32. The van der Waals surface area contributed by atoms with E-state index in [1.807, 2.05) is 19.1 Å². The van der Waals surface area contributed by atoms with E-state index < -0.39 is 0 Å². The average Bonchev–Trinajstić information content (AvgIpc) is 2.43. The van der Waals surface area contributed by atoms with Gasteiger partial charge in [-0.2, -0.15) is 0 Å². The second-order valence-electron chi connectivity index (χ2n) is 4.06. The fraction of sp³-hybridized carbons (Fsp3) is 0.538. The van der Waals surface area contributed by atoms with Crippen molar-refractivity contribution in [1.29, 1.82) is 0 Å². The molecule has 0 radical (unpaired) electrons. The van der Waals surface area contributed by atoms with Gasteiger partial charge in [0.1, 0.15) is 0 Å². The molecule has 5 heteroatoms. The monoisotopic (exact) mass is 252 g/mol. The van der Waals surface area contributed by atoms with Crippen LogP contribution in [0.3, 0.4) is 0 Å². The maximum Gasteiger partial charge on any atom is 0.306 e. The molecule has 0 saturated heterocycles. The van der Waals surface area contributed by atoms with Crippen molar-refractivity contribution >= 4 is 5.97 Å². The molecule has 0 aliphatic carbocycles. The smallest absolute Gasteiger partial charge is 0.306 e. The first kappa shape index (κ1) is 14.4. The fourth-order valence-electron chi connectivity index (χ4n) is 1.77. The standard InChI is InChI=1S/C13H20N2O3/c1-4-10(14)9(8-13(16)18-3)11-6-5-7-12(15-11)17-2/h5-7,9-10H,4,8,14H2,1-3H3. The zero-order chi connectivity index (χ0) is 13.5. The molecule has 5 nitrogen and oxygen atoms in total. The predicted molar refractivity (Wildman–Crippen MR) is 68.4 cm³/mol. The van der Waals surface area contributed by atoms with Crippen molar-refractivity contribution in [3.05, 3.63) is 23.9 Å². The lowest BCUT2D eigenvalue weighted by Crippen LogP contribution is -2.30. The van der Waals surface area contributed by atoms with E-state index in [0.717, 1.165) is 12.1 Å². The van der Waals surface area contributed by atoms with Crippen LogP contribution >= 0.6 is 0 Å². The van der Waals surface area contributed by atoms with Gasteiger partial charge in [-0.1, -0.05) is 13.0 Å². The Kier molecular flexibility index (Phi) is 5.58. The zero-order valence-electron chi connectivity index (χ0n) is 11.1. The number of ether oxygens (including phenoxy) is 2. The number of nitrogens with zero attached hydrogens (tertiary/aromatic N) is 1. The van der Waals surface area contributed by atoms with Crippen LogP contribution in [-0.4, -0.2) is 31.2 Å². The minimum absolute atomic E-state index is 0.135. The highest BCUT2D eigenvalue weighted by Gasteiger charge is 2.23. The van der Waals surface area contributed by atoms with Crippen molar-refractivity contribution < 1.29 is 14.3 Å². The first-order valence-corrected chi connectivity index (χ1v) is 5.95. The van der Waals surface area contributed by atoms with Gasteiger partial charge in [0, 0.05) is 23.7 Å². The van der Waals surface area contributed by atoms with Gasteiger partial charge < -0.3 is 15.2 Å². The molecule has 0 fully saturated rings. The van der Waals surface area contributed by atoms with Crippen molar-refractivity contribution in [2.45, 2.75) is 31.7 Å². The molecule has 2 unspecified atom stereocenters. The van der Waals surface area contributed by atoms with E-state index in [4.69, 9.17) is 15.2 Å². The lowest BCUT2D eigenvalue weighted by atomic mass is 9.91. The van der Waals surface area contributed by atoms with Crippen molar-refractivity contribution in [3.63, 3.8) is 0 Å². The number of nitrogens with two attached hydrogens (primary N) is 1. The third kappa shape index (κ3) is 3.70. The van der Waals surface area contributed by atoms with Crippen molar-refractivity contribution in [3.8, 4) is 5.88 Å². The van der Waals surface area contributed by atoms with Gasteiger partial charge in [0.05, 0.1) is 20.6 Å². The Balaban J connectivity index is 2.96. The molecule has 1 aromatic rings. The first-order valence-electron chi connectivity index (χ1n) is 5.95. The summed E-state index contributed by atoms with van der Waals surface area (Å²) >= 11 is 0. The Hall–Kier alpha value is -1.62.